The highest BCUT2D eigenvalue weighted by Crippen LogP contribution is 2.30. The third-order valence-electron chi connectivity index (χ3n) is 1.73. The maximum absolute atomic E-state index is 9.60. The number of aliphatic hydroxyl groups is 2. The number of halogens is 2. The average molecular weight is 241 g/mol. The first kappa shape index (κ1) is 11.3. The number of alkyl halides is 1. The SMILES string of the molecule is OC(CCCl)C(O)c1ccsc1Cl. The minimum absolute atomic E-state index is 0.319. The van der Waals surface area contributed by atoms with Crippen molar-refractivity contribution < 1.29 is 10.2 Å². The van der Waals surface area contributed by atoms with Gasteiger partial charge in [0.25, 0.3) is 0 Å². The second kappa shape index (κ2) is 5.17. The second-order valence-electron chi connectivity index (χ2n) is 2.64. The Morgan fingerprint density at radius 1 is 1.46 bits per heavy atom. The molecule has 1 aromatic rings. The first-order valence-electron chi connectivity index (χ1n) is 3.81. The molecule has 1 aromatic heterocycles. The lowest BCUT2D eigenvalue weighted by atomic mass is 10.1. The Bertz CT molecular complexity index is 264. The zero-order valence-corrected chi connectivity index (χ0v) is 9.11. The Morgan fingerprint density at radius 3 is 2.62 bits per heavy atom. The molecule has 0 radical (unpaired) electrons. The second-order valence-corrected chi connectivity index (χ2v) is 4.54. The predicted octanol–water partition coefficient (Wildman–Crippen LogP) is 2.42. The number of thiophene rings is 1. The Labute approximate surface area is 90.7 Å². The smallest absolute Gasteiger partial charge is 0.107 e. The van der Waals surface area contributed by atoms with Crippen LogP contribution in [0.4, 0.5) is 0 Å². The van der Waals surface area contributed by atoms with E-state index in [1.54, 1.807) is 11.4 Å². The van der Waals surface area contributed by atoms with Crippen LogP contribution in [-0.2, 0) is 0 Å². The highest BCUT2D eigenvalue weighted by atomic mass is 35.5. The van der Waals surface area contributed by atoms with Crippen molar-refractivity contribution in [3.63, 3.8) is 0 Å². The van der Waals surface area contributed by atoms with E-state index in [0.717, 1.165) is 0 Å². The van der Waals surface area contributed by atoms with Gasteiger partial charge in [-0.2, -0.15) is 0 Å². The van der Waals surface area contributed by atoms with Gasteiger partial charge in [0.2, 0.25) is 0 Å². The van der Waals surface area contributed by atoms with Crippen molar-refractivity contribution in [2.75, 3.05) is 5.88 Å². The predicted molar refractivity (Wildman–Crippen MR) is 55.6 cm³/mol. The highest BCUT2D eigenvalue weighted by Gasteiger charge is 2.20. The first-order valence-corrected chi connectivity index (χ1v) is 5.61. The lowest BCUT2D eigenvalue weighted by Crippen LogP contribution is -2.18. The summed E-state index contributed by atoms with van der Waals surface area (Å²) >= 11 is 12.6. The molecule has 0 aliphatic rings. The van der Waals surface area contributed by atoms with E-state index in [-0.39, 0.29) is 0 Å². The molecule has 2 unspecified atom stereocenters. The van der Waals surface area contributed by atoms with Crippen LogP contribution in [0.3, 0.4) is 0 Å². The summed E-state index contributed by atoms with van der Waals surface area (Å²) in [4.78, 5) is 0. The van der Waals surface area contributed by atoms with Crippen molar-refractivity contribution in [1.82, 2.24) is 0 Å². The number of aliphatic hydroxyl groups excluding tert-OH is 2. The average Bonchev–Trinajstić information content (AvgIpc) is 2.50. The molecule has 1 heterocycles. The fraction of sp³-hybridized carbons (Fsp3) is 0.500. The molecule has 0 saturated heterocycles. The molecule has 2 atom stereocenters. The molecule has 0 aliphatic carbocycles. The summed E-state index contributed by atoms with van der Waals surface area (Å²) < 4.78 is 0.515. The molecular weight excluding hydrogens is 231 g/mol. The van der Waals surface area contributed by atoms with Crippen LogP contribution in [0.25, 0.3) is 0 Å². The minimum atomic E-state index is -0.933. The number of hydrogen-bond donors (Lipinski definition) is 2. The van der Waals surface area contributed by atoms with E-state index in [4.69, 9.17) is 23.2 Å². The molecule has 2 nitrogen and oxygen atoms in total. The van der Waals surface area contributed by atoms with Crippen LogP contribution >= 0.6 is 34.5 Å². The Kier molecular flexibility index (Phi) is 4.49. The molecule has 74 valence electrons. The number of hydrogen-bond acceptors (Lipinski definition) is 3. The van der Waals surface area contributed by atoms with Crippen molar-refractivity contribution in [3.05, 3.63) is 21.3 Å². The molecule has 0 bridgehead atoms. The topological polar surface area (TPSA) is 40.5 Å². The molecule has 0 amide bonds. The van der Waals surface area contributed by atoms with Gasteiger partial charge in [-0.1, -0.05) is 11.6 Å². The summed E-state index contributed by atoms with van der Waals surface area (Å²) in [6.45, 7) is 0. The Morgan fingerprint density at radius 2 is 2.15 bits per heavy atom. The molecule has 0 saturated carbocycles. The van der Waals surface area contributed by atoms with E-state index >= 15 is 0 Å². The van der Waals surface area contributed by atoms with Gasteiger partial charge in [0.05, 0.1) is 10.4 Å². The van der Waals surface area contributed by atoms with E-state index < -0.39 is 12.2 Å². The quantitative estimate of drug-likeness (QED) is 0.795. The summed E-state index contributed by atoms with van der Waals surface area (Å²) in [7, 11) is 0. The van der Waals surface area contributed by atoms with Crippen molar-refractivity contribution in [2.24, 2.45) is 0 Å². The van der Waals surface area contributed by atoms with Crippen LogP contribution in [0.5, 0.6) is 0 Å². The van der Waals surface area contributed by atoms with Crippen LogP contribution in [-0.4, -0.2) is 22.2 Å². The van der Waals surface area contributed by atoms with E-state index in [1.165, 1.54) is 11.3 Å². The van der Waals surface area contributed by atoms with Gasteiger partial charge in [-0.25, -0.2) is 0 Å². The van der Waals surface area contributed by atoms with Crippen LogP contribution in [0, 0.1) is 0 Å². The molecule has 0 spiro atoms. The van der Waals surface area contributed by atoms with E-state index in [2.05, 4.69) is 0 Å². The maximum Gasteiger partial charge on any atom is 0.107 e. The van der Waals surface area contributed by atoms with Gasteiger partial charge in [-0.3, -0.25) is 0 Å². The van der Waals surface area contributed by atoms with Crippen LogP contribution in [0.1, 0.15) is 18.1 Å². The Balaban J connectivity index is 2.67. The van der Waals surface area contributed by atoms with Gasteiger partial charge >= 0.3 is 0 Å². The maximum atomic E-state index is 9.60. The molecule has 5 heteroatoms. The van der Waals surface area contributed by atoms with E-state index in [9.17, 15) is 10.2 Å². The van der Waals surface area contributed by atoms with Gasteiger partial charge in [0.1, 0.15) is 6.10 Å². The van der Waals surface area contributed by atoms with Gasteiger partial charge in [-0.15, -0.1) is 22.9 Å². The van der Waals surface area contributed by atoms with E-state index in [1.807, 2.05) is 0 Å². The number of rotatable bonds is 4. The summed E-state index contributed by atoms with van der Waals surface area (Å²) in [6.07, 6.45) is -1.42. The molecule has 2 N–H and O–H groups in total. The normalized spacial score (nSPS) is 15.7. The zero-order valence-electron chi connectivity index (χ0n) is 6.78. The molecule has 1 rings (SSSR count). The zero-order chi connectivity index (χ0) is 9.84. The van der Waals surface area contributed by atoms with Crippen molar-refractivity contribution in [1.29, 1.82) is 0 Å². The summed E-state index contributed by atoms with van der Waals surface area (Å²) in [6, 6.07) is 1.70. The largest absolute Gasteiger partial charge is 0.390 e. The van der Waals surface area contributed by atoms with Crippen LogP contribution in [0.2, 0.25) is 4.34 Å². The third-order valence-corrected chi connectivity index (χ3v) is 3.15. The van der Waals surface area contributed by atoms with E-state index in [0.29, 0.717) is 22.2 Å². The lowest BCUT2D eigenvalue weighted by Gasteiger charge is -2.15. The minimum Gasteiger partial charge on any atom is -0.390 e. The fourth-order valence-corrected chi connectivity index (χ4v) is 2.20. The highest BCUT2D eigenvalue weighted by molar-refractivity contribution is 7.14. The van der Waals surface area contributed by atoms with Gasteiger partial charge in [-0.05, 0) is 17.9 Å². The van der Waals surface area contributed by atoms with Gasteiger partial charge in [0.15, 0.2) is 0 Å². The third kappa shape index (κ3) is 2.82. The van der Waals surface area contributed by atoms with Gasteiger partial charge < -0.3 is 10.2 Å². The van der Waals surface area contributed by atoms with Crippen LogP contribution in [0.15, 0.2) is 11.4 Å². The Hall–Kier alpha value is 0.200. The standard InChI is InChI=1S/C8H10Cl2O2S/c9-3-1-6(11)7(12)5-2-4-13-8(5)10/h2,4,6-7,11-12H,1,3H2. The van der Waals surface area contributed by atoms with Crippen molar-refractivity contribution >= 4 is 34.5 Å². The molecular formula is C8H10Cl2O2S. The van der Waals surface area contributed by atoms with Crippen molar-refractivity contribution in [3.8, 4) is 0 Å². The molecule has 0 aromatic carbocycles. The summed E-state index contributed by atoms with van der Waals surface area (Å²) in [5.74, 6) is 0.319. The van der Waals surface area contributed by atoms with Crippen molar-refractivity contribution in [2.45, 2.75) is 18.6 Å². The molecule has 0 aliphatic heterocycles. The van der Waals surface area contributed by atoms with Gasteiger partial charge in [0, 0.05) is 11.4 Å². The first-order chi connectivity index (χ1) is 6.16. The summed E-state index contributed by atoms with van der Waals surface area (Å²) in [5.41, 5.74) is 0.573. The monoisotopic (exact) mass is 240 g/mol. The summed E-state index contributed by atoms with van der Waals surface area (Å²) in [5, 5.41) is 20.8. The molecule has 13 heavy (non-hydrogen) atoms. The lowest BCUT2D eigenvalue weighted by molar-refractivity contribution is 0.0173. The van der Waals surface area contributed by atoms with Crippen LogP contribution < -0.4 is 0 Å². The molecule has 0 fully saturated rings. The fourth-order valence-electron chi connectivity index (χ4n) is 0.992.